The highest BCUT2D eigenvalue weighted by Crippen LogP contribution is 2.16. The third-order valence-electron chi connectivity index (χ3n) is 2.19. The van der Waals surface area contributed by atoms with Gasteiger partial charge in [0.1, 0.15) is 11.5 Å². The Hall–Kier alpha value is -2.31. The Bertz CT molecular complexity index is 539. The van der Waals surface area contributed by atoms with Crippen LogP contribution >= 0.6 is 0 Å². The first-order chi connectivity index (χ1) is 8.65. The number of rotatable bonds is 5. The van der Waals surface area contributed by atoms with Gasteiger partial charge in [-0.3, -0.25) is 4.79 Å². The number of pyridine rings is 1. The molecule has 2 rings (SSSR count). The molecule has 0 aliphatic rings. The van der Waals surface area contributed by atoms with Crippen molar-refractivity contribution in [1.29, 1.82) is 0 Å². The average molecular weight is 251 g/mol. The summed E-state index contributed by atoms with van der Waals surface area (Å²) < 4.78 is 18.0. The lowest BCUT2D eigenvalue weighted by Crippen LogP contribution is -1.95. The smallest absolute Gasteiger partial charge is 0.303 e. The minimum Gasteiger partial charge on any atom is -0.481 e. The van der Waals surface area contributed by atoms with Gasteiger partial charge in [0.2, 0.25) is 5.89 Å². The van der Waals surface area contributed by atoms with E-state index in [1.54, 1.807) is 0 Å². The highest BCUT2D eigenvalue weighted by atomic mass is 19.1. The summed E-state index contributed by atoms with van der Waals surface area (Å²) in [5.74, 6) is -0.771. The van der Waals surface area contributed by atoms with E-state index < -0.39 is 11.8 Å². The number of carbonyl (C=O) groups is 1. The molecular formula is C11H10FN3O3. The van der Waals surface area contributed by atoms with Crippen LogP contribution in [0, 0.1) is 5.82 Å². The first-order valence-corrected chi connectivity index (χ1v) is 5.31. The number of hydrogen-bond acceptors (Lipinski definition) is 5. The number of nitrogens with zero attached hydrogens (tertiary/aromatic N) is 3. The number of carboxylic acids is 1. The summed E-state index contributed by atoms with van der Waals surface area (Å²) in [7, 11) is 0. The molecule has 0 spiro atoms. The van der Waals surface area contributed by atoms with Gasteiger partial charge in [-0.15, -0.1) is 10.2 Å². The first kappa shape index (κ1) is 12.2. The second kappa shape index (κ2) is 5.35. The molecule has 1 N–H and O–H groups in total. The van der Waals surface area contributed by atoms with Crippen LogP contribution in [-0.2, 0) is 11.2 Å². The van der Waals surface area contributed by atoms with Crippen molar-refractivity contribution in [2.24, 2.45) is 0 Å². The summed E-state index contributed by atoms with van der Waals surface area (Å²) in [6.07, 6.45) is 1.92. The third-order valence-corrected chi connectivity index (χ3v) is 2.19. The number of aliphatic carboxylic acids is 1. The van der Waals surface area contributed by atoms with E-state index in [4.69, 9.17) is 9.52 Å². The highest BCUT2D eigenvalue weighted by Gasteiger charge is 2.10. The van der Waals surface area contributed by atoms with Gasteiger partial charge in [-0.25, -0.2) is 9.37 Å². The summed E-state index contributed by atoms with van der Waals surface area (Å²) in [4.78, 5) is 14.1. The van der Waals surface area contributed by atoms with Gasteiger partial charge < -0.3 is 9.52 Å². The molecule has 7 heteroatoms. The SMILES string of the molecule is O=C(O)CCCc1nnc(-c2ccc(F)cn2)o1. The zero-order chi connectivity index (χ0) is 13.0. The van der Waals surface area contributed by atoms with Crippen molar-refractivity contribution in [2.75, 3.05) is 0 Å². The molecule has 2 aromatic heterocycles. The van der Waals surface area contributed by atoms with E-state index in [0.29, 0.717) is 24.4 Å². The lowest BCUT2D eigenvalue weighted by atomic mass is 10.2. The molecule has 0 atom stereocenters. The molecular weight excluding hydrogens is 241 g/mol. The van der Waals surface area contributed by atoms with Crippen molar-refractivity contribution in [3.8, 4) is 11.6 Å². The quantitative estimate of drug-likeness (QED) is 0.869. The van der Waals surface area contributed by atoms with E-state index in [-0.39, 0.29) is 12.3 Å². The van der Waals surface area contributed by atoms with Crippen LogP contribution < -0.4 is 0 Å². The molecule has 6 nitrogen and oxygen atoms in total. The predicted molar refractivity (Wildman–Crippen MR) is 58.1 cm³/mol. The van der Waals surface area contributed by atoms with E-state index in [1.807, 2.05) is 0 Å². The van der Waals surface area contributed by atoms with Gasteiger partial charge in [0.05, 0.1) is 6.20 Å². The first-order valence-electron chi connectivity index (χ1n) is 5.31. The summed E-state index contributed by atoms with van der Waals surface area (Å²) in [6, 6.07) is 2.68. The molecule has 0 aromatic carbocycles. The minimum atomic E-state index is -0.866. The van der Waals surface area contributed by atoms with Crippen molar-refractivity contribution in [2.45, 2.75) is 19.3 Å². The van der Waals surface area contributed by atoms with Crippen LogP contribution in [0.2, 0.25) is 0 Å². The molecule has 18 heavy (non-hydrogen) atoms. The zero-order valence-corrected chi connectivity index (χ0v) is 9.34. The summed E-state index contributed by atoms with van der Waals surface area (Å²) >= 11 is 0. The average Bonchev–Trinajstić information content (AvgIpc) is 2.78. The van der Waals surface area contributed by atoms with Crippen LogP contribution in [0.5, 0.6) is 0 Å². The van der Waals surface area contributed by atoms with E-state index in [2.05, 4.69) is 15.2 Å². The highest BCUT2D eigenvalue weighted by molar-refractivity contribution is 5.66. The molecule has 0 unspecified atom stereocenters. The zero-order valence-electron chi connectivity index (χ0n) is 9.34. The monoisotopic (exact) mass is 251 g/mol. The maximum Gasteiger partial charge on any atom is 0.303 e. The van der Waals surface area contributed by atoms with E-state index in [0.717, 1.165) is 6.20 Å². The van der Waals surface area contributed by atoms with Crippen molar-refractivity contribution >= 4 is 5.97 Å². The van der Waals surface area contributed by atoms with Gasteiger partial charge in [0, 0.05) is 12.8 Å². The predicted octanol–water partition coefficient (Wildman–Crippen LogP) is 1.68. The van der Waals surface area contributed by atoms with Crippen molar-refractivity contribution in [1.82, 2.24) is 15.2 Å². The molecule has 0 aliphatic carbocycles. The Kier molecular flexibility index (Phi) is 3.61. The van der Waals surface area contributed by atoms with Crippen LogP contribution in [-0.4, -0.2) is 26.3 Å². The lowest BCUT2D eigenvalue weighted by molar-refractivity contribution is -0.137. The lowest BCUT2D eigenvalue weighted by Gasteiger charge is -1.93. The van der Waals surface area contributed by atoms with E-state index in [1.165, 1.54) is 12.1 Å². The molecule has 2 heterocycles. The standard InChI is InChI=1S/C11H10FN3O3/c12-7-4-5-8(13-6-7)11-15-14-9(18-11)2-1-3-10(16)17/h4-6H,1-3H2,(H,16,17). The molecule has 0 saturated heterocycles. The normalized spacial score (nSPS) is 10.5. The third kappa shape index (κ3) is 3.09. The molecule has 0 fully saturated rings. The fraction of sp³-hybridized carbons (Fsp3) is 0.273. The van der Waals surface area contributed by atoms with Crippen LogP contribution in [0.4, 0.5) is 4.39 Å². The van der Waals surface area contributed by atoms with Gasteiger partial charge in [0.25, 0.3) is 5.89 Å². The topological polar surface area (TPSA) is 89.1 Å². The molecule has 0 amide bonds. The van der Waals surface area contributed by atoms with E-state index >= 15 is 0 Å². The Morgan fingerprint density at radius 2 is 2.22 bits per heavy atom. The van der Waals surface area contributed by atoms with E-state index in [9.17, 15) is 9.18 Å². The number of carboxylic acid groups (broad SMARTS) is 1. The van der Waals surface area contributed by atoms with Gasteiger partial charge in [-0.1, -0.05) is 0 Å². The van der Waals surface area contributed by atoms with Crippen molar-refractivity contribution in [3.05, 3.63) is 30.0 Å². The molecule has 0 radical (unpaired) electrons. The molecule has 0 bridgehead atoms. The maximum absolute atomic E-state index is 12.7. The van der Waals surface area contributed by atoms with Crippen molar-refractivity contribution in [3.63, 3.8) is 0 Å². The minimum absolute atomic E-state index is 0.0481. The van der Waals surface area contributed by atoms with Gasteiger partial charge in [0.15, 0.2) is 0 Å². The Morgan fingerprint density at radius 3 is 2.89 bits per heavy atom. The van der Waals surface area contributed by atoms with Crippen LogP contribution in [0.1, 0.15) is 18.7 Å². The van der Waals surface area contributed by atoms with Crippen molar-refractivity contribution < 1.29 is 18.7 Å². The van der Waals surface area contributed by atoms with Gasteiger partial charge in [-0.2, -0.15) is 0 Å². The number of aryl methyl sites for hydroxylation is 1. The molecule has 0 saturated carbocycles. The summed E-state index contributed by atoms with van der Waals surface area (Å²) in [6.45, 7) is 0. The Morgan fingerprint density at radius 1 is 1.39 bits per heavy atom. The Balaban J connectivity index is 2.01. The second-order valence-corrected chi connectivity index (χ2v) is 3.61. The molecule has 2 aromatic rings. The summed E-state index contributed by atoms with van der Waals surface area (Å²) in [5, 5.41) is 16.0. The number of hydrogen-bond donors (Lipinski definition) is 1. The number of aromatic nitrogens is 3. The fourth-order valence-electron chi connectivity index (χ4n) is 1.35. The Labute approximate surface area is 101 Å². The van der Waals surface area contributed by atoms with Crippen LogP contribution in [0.25, 0.3) is 11.6 Å². The van der Waals surface area contributed by atoms with Crippen LogP contribution in [0.3, 0.4) is 0 Å². The maximum atomic E-state index is 12.7. The van der Waals surface area contributed by atoms with Crippen LogP contribution in [0.15, 0.2) is 22.7 Å². The summed E-state index contributed by atoms with van der Waals surface area (Å²) in [5.41, 5.74) is 0.383. The number of halogens is 1. The van der Waals surface area contributed by atoms with Gasteiger partial charge >= 0.3 is 5.97 Å². The molecule has 0 aliphatic heterocycles. The second-order valence-electron chi connectivity index (χ2n) is 3.61. The van der Waals surface area contributed by atoms with Gasteiger partial charge in [-0.05, 0) is 18.6 Å². The molecule has 94 valence electrons. The largest absolute Gasteiger partial charge is 0.481 e. The fourth-order valence-corrected chi connectivity index (χ4v) is 1.35.